The fourth-order valence-electron chi connectivity index (χ4n) is 1.97. The van der Waals surface area contributed by atoms with Crippen LogP contribution >= 0.6 is 15.9 Å². The predicted molar refractivity (Wildman–Crippen MR) is 78.6 cm³/mol. The second-order valence-electron chi connectivity index (χ2n) is 4.72. The van der Waals surface area contributed by atoms with Crippen molar-refractivity contribution in [2.24, 2.45) is 0 Å². The van der Waals surface area contributed by atoms with Crippen LogP contribution in [0.15, 0.2) is 46.9 Å². The van der Waals surface area contributed by atoms with Crippen LogP contribution in [0, 0.1) is 11.6 Å². The summed E-state index contributed by atoms with van der Waals surface area (Å²) >= 11 is 3.27. The summed E-state index contributed by atoms with van der Waals surface area (Å²) in [4.78, 5) is 0. The standard InChI is InChI=1S/C15H14BrF2NO/c1-15(9-20,11-8-10(16)6-7-12(11)17)19-14-5-3-2-4-13(14)18/h2-8,19-20H,9H2,1H3. The van der Waals surface area contributed by atoms with Crippen LogP contribution < -0.4 is 5.32 Å². The molecule has 0 aliphatic carbocycles. The maximum atomic E-state index is 14.0. The third-order valence-corrected chi connectivity index (χ3v) is 3.62. The van der Waals surface area contributed by atoms with E-state index in [2.05, 4.69) is 21.2 Å². The summed E-state index contributed by atoms with van der Waals surface area (Å²) in [6.07, 6.45) is 0. The van der Waals surface area contributed by atoms with Crippen molar-refractivity contribution in [2.75, 3.05) is 11.9 Å². The Kier molecular flexibility index (Phi) is 4.40. The summed E-state index contributed by atoms with van der Waals surface area (Å²) in [6.45, 7) is 1.24. The van der Waals surface area contributed by atoms with Gasteiger partial charge in [0, 0.05) is 10.0 Å². The molecule has 106 valence electrons. The summed E-state index contributed by atoms with van der Waals surface area (Å²) < 4.78 is 28.4. The van der Waals surface area contributed by atoms with E-state index in [0.717, 1.165) is 0 Å². The van der Waals surface area contributed by atoms with Crippen molar-refractivity contribution in [3.63, 3.8) is 0 Å². The first kappa shape index (κ1) is 14.9. The average Bonchev–Trinajstić information content (AvgIpc) is 2.44. The highest BCUT2D eigenvalue weighted by molar-refractivity contribution is 9.10. The summed E-state index contributed by atoms with van der Waals surface area (Å²) in [5.41, 5.74) is -0.656. The van der Waals surface area contributed by atoms with Crippen molar-refractivity contribution in [2.45, 2.75) is 12.5 Å². The Balaban J connectivity index is 2.43. The zero-order valence-electron chi connectivity index (χ0n) is 10.8. The largest absolute Gasteiger partial charge is 0.394 e. The molecule has 0 fully saturated rings. The van der Waals surface area contributed by atoms with Crippen LogP contribution in [-0.2, 0) is 5.54 Å². The number of aliphatic hydroxyl groups excluding tert-OH is 1. The van der Waals surface area contributed by atoms with Gasteiger partial charge in [0.25, 0.3) is 0 Å². The highest BCUT2D eigenvalue weighted by Gasteiger charge is 2.29. The number of aliphatic hydroxyl groups is 1. The SMILES string of the molecule is CC(CO)(Nc1ccccc1F)c1cc(Br)ccc1F. The Bertz CT molecular complexity index is 621. The van der Waals surface area contributed by atoms with Crippen molar-refractivity contribution in [3.8, 4) is 0 Å². The number of hydrogen-bond donors (Lipinski definition) is 2. The van der Waals surface area contributed by atoms with Gasteiger partial charge in [-0.25, -0.2) is 8.78 Å². The van der Waals surface area contributed by atoms with Gasteiger partial charge in [0.05, 0.1) is 17.8 Å². The van der Waals surface area contributed by atoms with Gasteiger partial charge in [-0.3, -0.25) is 0 Å². The molecule has 0 saturated carbocycles. The van der Waals surface area contributed by atoms with Gasteiger partial charge < -0.3 is 10.4 Å². The third-order valence-electron chi connectivity index (χ3n) is 3.12. The lowest BCUT2D eigenvalue weighted by Gasteiger charge is -2.31. The molecule has 0 spiro atoms. The molecule has 0 aliphatic rings. The minimum Gasteiger partial charge on any atom is -0.394 e. The molecule has 2 rings (SSSR count). The van der Waals surface area contributed by atoms with E-state index in [1.165, 1.54) is 12.1 Å². The second-order valence-corrected chi connectivity index (χ2v) is 5.63. The molecule has 0 aromatic heterocycles. The molecule has 0 radical (unpaired) electrons. The van der Waals surface area contributed by atoms with Crippen LogP contribution in [0.3, 0.4) is 0 Å². The highest BCUT2D eigenvalue weighted by Crippen LogP contribution is 2.30. The van der Waals surface area contributed by atoms with Gasteiger partial charge in [-0.05, 0) is 37.3 Å². The summed E-state index contributed by atoms with van der Waals surface area (Å²) in [7, 11) is 0. The fraction of sp³-hybridized carbons (Fsp3) is 0.200. The first-order valence-corrected chi connectivity index (χ1v) is 6.85. The Morgan fingerprint density at radius 1 is 1.15 bits per heavy atom. The van der Waals surface area contributed by atoms with Crippen LogP contribution in [0.25, 0.3) is 0 Å². The van der Waals surface area contributed by atoms with Gasteiger partial charge in [-0.1, -0.05) is 28.1 Å². The number of anilines is 1. The molecular weight excluding hydrogens is 328 g/mol. The van der Waals surface area contributed by atoms with Crippen LogP contribution in [0.1, 0.15) is 12.5 Å². The Morgan fingerprint density at radius 3 is 2.50 bits per heavy atom. The fourth-order valence-corrected chi connectivity index (χ4v) is 2.33. The molecule has 0 bridgehead atoms. The van der Waals surface area contributed by atoms with Crippen molar-refractivity contribution in [3.05, 3.63) is 64.1 Å². The van der Waals surface area contributed by atoms with E-state index in [1.54, 1.807) is 37.3 Å². The number of rotatable bonds is 4. The van der Waals surface area contributed by atoms with Crippen LogP contribution in [0.4, 0.5) is 14.5 Å². The molecule has 2 N–H and O–H groups in total. The summed E-state index contributed by atoms with van der Waals surface area (Å²) in [5, 5.41) is 12.5. The minimum absolute atomic E-state index is 0.212. The van der Waals surface area contributed by atoms with E-state index >= 15 is 0 Å². The normalized spacial score (nSPS) is 13.8. The molecule has 2 aromatic carbocycles. The molecule has 2 aromatic rings. The molecule has 2 nitrogen and oxygen atoms in total. The molecular formula is C15H14BrF2NO. The molecule has 0 amide bonds. The molecule has 1 unspecified atom stereocenters. The molecule has 20 heavy (non-hydrogen) atoms. The Hall–Kier alpha value is -1.46. The van der Waals surface area contributed by atoms with Crippen LogP contribution in [0.5, 0.6) is 0 Å². The van der Waals surface area contributed by atoms with Gasteiger partial charge in [-0.15, -0.1) is 0 Å². The number of para-hydroxylation sites is 1. The Morgan fingerprint density at radius 2 is 1.85 bits per heavy atom. The third kappa shape index (κ3) is 2.99. The molecule has 5 heteroatoms. The first-order valence-electron chi connectivity index (χ1n) is 6.05. The van der Waals surface area contributed by atoms with E-state index in [-0.39, 0.29) is 17.9 Å². The lowest BCUT2D eigenvalue weighted by Crippen LogP contribution is -2.37. The second kappa shape index (κ2) is 5.89. The van der Waals surface area contributed by atoms with Crippen molar-refractivity contribution < 1.29 is 13.9 Å². The van der Waals surface area contributed by atoms with E-state index in [4.69, 9.17) is 0 Å². The zero-order valence-corrected chi connectivity index (χ0v) is 12.4. The van der Waals surface area contributed by atoms with E-state index in [9.17, 15) is 13.9 Å². The van der Waals surface area contributed by atoms with Crippen molar-refractivity contribution in [1.29, 1.82) is 0 Å². The molecule has 0 aliphatic heterocycles. The van der Waals surface area contributed by atoms with Gasteiger partial charge in [0.2, 0.25) is 0 Å². The maximum absolute atomic E-state index is 14.0. The van der Waals surface area contributed by atoms with Gasteiger partial charge in [-0.2, -0.15) is 0 Å². The quantitative estimate of drug-likeness (QED) is 0.879. The van der Waals surface area contributed by atoms with Crippen molar-refractivity contribution in [1.82, 2.24) is 0 Å². The number of nitrogens with one attached hydrogen (secondary N) is 1. The molecule has 0 saturated heterocycles. The number of benzene rings is 2. The lowest BCUT2D eigenvalue weighted by molar-refractivity contribution is 0.220. The van der Waals surface area contributed by atoms with E-state index < -0.39 is 17.2 Å². The van der Waals surface area contributed by atoms with Gasteiger partial charge >= 0.3 is 0 Å². The maximum Gasteiger partial charge on any atom is 0.146 e. The minimum atomic E-state index is -1.13. The summed E-state index contributed by atoms with van der Waals surface area (Å²) in [6, 6.07) is 10.5. The topological polar surface area (TPSA) is 32.3 Å². The predicted octanol–water partition coefficient (Wildman–Crippen LogP) is 4.05. The van der Waals surface area contributed by atoms with E-state index in [0.29, 0.717) is 4.47 Å². The molecule has 0 heterocycles. The average molecular weight is 342 g/mol. The first-order chi connectivity index (χ1) is 9.46. The smallest absolute Gasteiger partial charge is 0.146 e. The van der Waals surface area contributed by atoms with Gasteiger partial charge in [0.1, 0.15) is 11.6 Å². The van der Waals surface area contributed by atoms with Gasteiger partial charge in [0.15, 0.2) is 0 Å². The zero-order chi connectivity index (χ0) is 14.8. The lowest BCUT2D eigenvalue weighted by atomic mass is 9.92. The van der Waals surface area contributed by atoms with Crippen LogP contribution in [0.2, 0.25) is 0 Å². The van der Waals surface area contributed by atoms with Crippen LogP contribution in [-0.4, -0.2) is 11.7 Å². The number of halogens is 3. The molecule has 1 atom stereocenters. The van der Waals surface area contributed by atoms with E-state index in [1.807, 2.05) is 0 Å². The van der Waals surface area contributed by atoms with Crippen molar-refractivity contribution >= 4 is 21.6 Å². The Labute approximate surface area is 124 Å². The highest BCUT2D eigenvalue weighted by atomic mass is 79.9. The monoisotopic (exact) mass is 341 g/mol. The summed E-state index contributed by atoms with van der Waals surface area (Å²) in [5.74, 6) is -0.920. The number of hydrogen-bond acceptors (Lipinski definition) is 2.